The summed E-state index contributed by atoms with van der Waals surface area (Å²) in [7, 11) is -0.622. The zero-order chi connectivity index (χ0) is 13.7. The molecule has 1 saturated carbocycles. The summed E-state index contributed by atoms with van der Waals surface area (Å²) in [4.78, 5) is 2.56. The monoisotopic (exact) mass is 286 g/mol. The molecule has 1 heterocycles. The van der Waals surface area contributed by atoms with E-state index in [1.807, 2.05) is 6.92 Å². The summed E-state index contributed by atoms with van der Waals surface area (Å²) in [6.07, 6.45) is 7.07. The predicted molar refractivity (Wildman–Crippen MR) is 83.0 cm³/mol. The fraction of sp³-hybridized carbons (Fsp3) is 1.00. The van der Waals surface area contributed by atoms with E-state index >= 15 is 0 Å². The van der Waals surface area contributed by atoms with E-state index in [0.717, 1.165) is 37.1 Å². The van der Waals surface area contributed by atoms with Crippen molar-refractivity contribution in [1.29, 1.82) is 0 Å². The lowest BCUT2D eigenvalue weighted by atomic mass is 9.82. The molecule has 2 fully saturated rings. The van der Waals surface area contributed by atoms with Crippen molar-refractivity contribution in [2.45, 2.75) is 58.0 Å². The third-order valence-corrected chi connectivity index (χ3v) is 6.16. The van der Waals surface area contributed by atoms with E-state index in [0.29, 0.717) is 12.1 Å². The molecule has 0 amide bonds. The van der Waals surface area contributed by atoms with E-state index in [2.05, 4.69) is 17.1 Å². The molecule has 0 aromatic rings. The minimum absolute atomic E-state index is 0.591. The molecule has 0 aromatic carbocycles. The zero-order valence-corrected chi connectivity index (χ0v) is 13.4. The highest BCUT2D eigenvalue weighted by molar-refractivity contribution is 7.84. The van der Waals surface area contributed by atoms with Gasteiger partial charge in [-0.15, -0.1) is 0 Å². The molecule has 1 aliphatic heterocycles. The van der Waals surface area contributed by atoms with Crippen LogP contribution in [0.3, 0.4) is 0 Å². The van der Waals surface area contributed by atoms with Gasteiger partial charge < -0.3 is 5.32 Å². The van der Waals surface area contributed by atoms with Gasteiger partial charge in [0, 0.05) is 54.0 Å². The molecule has 1 N–H and O–H groups in total. The SMILES string of the molecule is CCS(=O)CCN1CC(C2CCCCC2)NCC1C. The van der Waals surface area contributed by atoms with Crippen molar-refractivity contribution in [3.05, 3.63) is 0 Å². The van der Waals surface area contributed by atoms with Gasteiger partial charge in [-0.3, -0.25) is 9.11 Å². The Morgan fingerprint density at radius 1 is 1.26 bits per heavy atom. The highest BCUT2D eigenvalue weighted by atomic mass is 32.2. The van der Waals surface area contributed by atoms with Crippen molar-refractivity contribution in [3.8, 4) is 0 Å². The molecule has 1 aliphatic carbocycles. The van der Waals surface area contributed by atoms with Gasteiger partial charge in [-0.05, 0) is 25.7 Å². The maximum Gasteiger partial charge on any atom is 0.0362 e. The summed E-state index contributed by atoms with van der Waals surface area (Å²) in [5.74, 6) is 2.52. The van der Waals surface area contributed by atoms with Crippen LogP contribution in [0.1, 0.15) is 46.0 Å². The van der Waals surface area contributed by atoms with Crippen LogP contribution in [0.2, 0.25) is 0 Å². The molecule has 3 nitrogen and oxygen atoms in total. The fourth-order valence-electron chi connectivity index (χ4n) is 3.48. The largest absolute Gasteiger partial charge is 0.311 e. The molecule has 2 aliphatic rings. The van der Waals surface area contributed by atoms with Crippen LogP contribution >= 0.6 is 0 Å². The van der Waals surface area contributed by atoms with Crippen LogP contribution in [-0.2, 0) is 10.8 Å². The number of nitrogens with one attached hydrogen (secondary N) is 1. The third-order valence-electron chi connectivity index (χ3n) is 4.88. The van der Waals surface area contributed by atoms with Crippen molar-refractivity contribution < 1.29 is 4.21 Å². The Kier molecular flexibility index (Phi) is 6.30. The Labute approximate surface area is 121 Å². The van der Waals surface area contributed by atoms with Crippen LogP contribution in [0.15, 0.2) is 0 Å². The van der Waals surface area contributed by atoms with Crippen LogP contribution < -0.4 is 5.32 Å². The van der Waals surface area contributed by atoms with E-state index in [-0.39, 0.29) is 0 Å². The molecular weight excluding hydrogens is 256 g/mol. The van der Waals surface area contributed by atoms with Crippen LogP contribution in [0.25, 0.3) is 0 Å². The third kappa shape index (κ3) is 4.54. The second-order valence-corrected chi connectivity index (χ2v) is 8.05. The molecule has 0 spiro atoms. The minimum atomic E-state index is -0.622. The van der Waals surface area contributed by atoms with E-state index in [9.17, 15) is 4.21 Å². The van der Waals surface area contributed by atoms with Gasteiger partial charge in [0.2, 0.25) is 0 Å². The van der Waals surface area contributed by atoms with Gasteiger partial charge >= 0.3 is 0 Å². The lowest BCUT2D eigenvalue weighted by molar-refractivity contribution is 0.110. The standard InChI is InChI=1S/C15H30N2OS/c1-3-19(18)10-9-17-12-15(16-11-13(17)2)14-7-5-4-6-8-14/h13-16H,3-12H2,1-2H3. The number of hydrogen-bond donors (Lipinski definition) is 1. The predicted octanol–water partition coefficient (Wildman–Crippen LogP) is 2.00. The van der Waals surface area contributed by atoms with Gasteiger partial charge in [0.15, 0.2) is 0 Å². The summed E-state index contributed by atoms with van der Waals surface area (Å²) >= 11 is 0. The fourth-order valence-corrected chi connectivity index (χ4v) is 4.20. The lowest BCUT2D eigenvalue weighted by Gasteiger charge is -2.42. The van der Waals surface area contributed by atoms with Crippen LogP contribution in [0.5, 0.6) is 0 Å². The summed E-state index contributed by atoms with van der Waals surface area (Å²) in [6.45, 7) is 7.57. The molecule has 0 bridgehead atoms. The van der Waals surface area contributed by atoms with Gasteiger partial charge in [0.25, 0.3) is 0 Å². The molecule has 3 atom stereocenters. The van der Waals surface area contributed by atoms with Gasteiger partial charge in [-0.25, -0.2) is 0 Å². The lowest BCUT2D eigenvalue weighted by Crippen LogP contribution is -2.58. The summed E-state index contributed by atoms with van der Waals surface area (Å²) in [6, 6.07) is 1.26. The van der Waals surface area contributed by atoms with Crippen molar-refractivity contribution in [1.82, 2.24) is 10.2 Å². The summed E-state index contributed by atoms with van der Waals surface area (Å²) < 4.78 is 11.6. The quantitative estimate of drug-likeness (QED) is 0.839. The first-order chi connectivity index (χ1) is 9.20. The summed E-state index contributed by atoms with van der Waals surface area (Å²) in [5, 5.41) is 3.75. The number of rotatable bonds is 5. The van der Waals surface area contributed by atoms with Crippen LogP contribution in [0, 0.1) is 5.92 Å². The highest BCUT2D eigenvalue weighted by Gasteiger charge is 2.30. The smallest absolute Gasteiger partial charge is 0.0362 e. The Morgan fingerprint density at radius 3 is 2.68 bits per heavy atom. The second kappa shape index (κ2) is 7.75. The van der Waals surface area contributed by atoms with Crippen molar-refractivity contribution in [2.24, 2.45) is 5.92 Å². The molecule has 4 heteroatoms. The average molecular weight is 286 g/mol. The summed E-state index contributed by atoms with van der Waals surface area (Å²) in [5.41, 5.74) is 0. The van der Waals surface area contributed by atoms with Crippen LogP contribution in [0.4, 0.5) is 0 Å². The Morgan fingerprint density at radius 2 is 2.00 bits per heavy atom. The van der Waals surface area contributed by atoms with Crippen molar-refractivity contribution in [3.63, 3.8) is 0 Å². The van der Waals surface area contributed by atoms with Crippen LogP contribution in [-0.4, -0.2) is 52.3 Å². The number of piperazine rings is 1. The molecule has 0 radical (unpaired) electrons. The maximum absolute atomic E-state index is 11.6. The molecule has 19 heavy (non-hydrogen) atoms. The van der Waals surface area contributed by atoms with E-state index in [1.54, 1.807) is 0 Å². The molecule has 112 valence electrons. The molecule has 2 rings (SSSR count). The normalized spacial score (nSPS) is 32.3. The first-order valence-electron chi connectivity index (χ1n) is 8.03. The maximum atomic E-state index is 11.6. The molecular formula is C15H30N2OS. The molecule has 0 aromatic heterocycles. The minimum Gasteiger partial charge on any atom is -0.311 e. The first-order valence-corrected chi connectivity index (χ1v) is 9.52. The first kappa shape index (κ1) is 15.5. The second-order valence-electron chi connectivity index (χ2n) is 6.19. The highest BCUT2D eigenvalue weighted by Crippen LogP contribution is 2.28. The molecule has 1 saturated heterocycles. The Balaban J connectivity index is 1.82. The van der Waals surface area contributed by atoms with E-state index in [4.69, 9.17) is 0 Å². The Bertz CT molecular complexity index is 292. The van der Waals surface area contributed by atoms with Gasteiger partial charge in [0.05, 0.1) is 0 Å². The molecule has 3 unspecified atom stereocenters. The van der Waals surface area contributed by atoms with Crippen molar-refractivity contribution in [2.75, 3.05) is 31.1 Å². The Hall–Kier alpha value is 0.0700. The van der Waals surface area contributed by atoms with E-state index in [1.165, 1.54) is 32.1 Å². The number of hydrogen-bond acceptors (Lipinski definition) is 3. The van der Waals surface area contributed by atoms with Gasteiger partial charge in [-0.2, -0.15) is 0 Å². The number of nitrogens with zero attached hydrogens (tertiary/aromatic N) is 1. The van der Waals surface area contributed by atoms with Crippen molar-refractivity contribution >= 4 is 10.8 Å². The van der Waals surface area contributed by atoms with Gasteiger partial charge in [-0.1, -0.05) is 26.2 Å². The average Bonchev–Trinajstić information content (AvgIpc) is 2.47. The van der Waals surface area contributed by atoms with Gasteiger partial charge in [0.1, 0.15) is 0 Å². The van der Waals surface area contributed by atoms with E-state index < -0.39 is 10.8 Å². The topological polar surface area (TPSA) is 32.3 Å². The zero-order valence-electron chi connectivity index (χ0n) is 12.6.